The zero-order valence-corrected chi connectivity index (χ0v) is 10.7. The minimum atomic E-state index is -0.999. The third-order valence-electron chi connectivity index (χ3n) is 2.50. The number of nitrogens with one attached hydrogen (secondary N) is 1. The Morgan fingerprint density at radius 3 is 2.67 bits per heavy atom. The topological polar surface area (TPSA) is 67.2 Å². The molecule has 0 aliphatic rings. The van der Waals surface area contributed by atoms with Crippen molar-refractivity contribution in [2.75, 3.05) is 5.32 Å². The summed E-state index contributed by atoms with van der Waals surface area (Å²) in [7, 11) is 1.83. The van der Waals surface area contributed by atoms with Gasteiger partial charge in [-0.1, -0.05) is 11.6 Å². The number of halogens is 1. The molecule has 0 aliphatic heterocycles. The second kappa shape index (κ2) is 4.70. The number of benzene rings is 1. The number of aromatic carboxylic acids is 1. The van der Waals surface area contributed by atoms with Crippen molar-refractivity contribution in [3.8, 4) is 0 Å². The zero-order chi connectivity index (χ0) is 13.3. The summed E-state index contributed by atoms with van der Waals surface area (Å²) in [6.07, 6.45) is 1.83. The van der Waals surface area contributed by atoms with E-state index in [4.69, 9.17) is 16.7 Å². The normalized spacial score (nSPS) is 10.4. The highest BCUT2D eigenvalue weighted by molar-refractivity contribution is 6.33. The number of carboxylic acids is 1. The van der Waals surface area contributed by atoms with Crippen LogP contribution in [0.4, 0.5) is 11.4 Å². The molecule has 5 nitrogen and oxygen atoms in total. The predicted molar refractivity (Wildman–Crippen MR) is 69.6 cm³/mol. The van der Waals surface area contributed by atoms with Crippen LogP contribution in [0.15, 0.2) is 24.4 Å². The van der Waals surface area contributed by atoms with Gasteiger partial charge >= 0.3 is 5.97 Å². The van der Waals surface area contributed by atoms with Crippen molar-refractivity contribution in [3.63, 3.8) is 0 Å². The Balaban J connectivity index is 2.30. The second-order valence-electron chi connectivity index (χ2n) is 3.93. The van der Waals surface area contributed by atoms with E-state index in [0.717, 1.165) is 11.4 Å². The number of carbonyl (C=O) groups is 1. The van der Waals surface area contributed by atoms with E-state index in [-0.39, 0.29) is 5.56 Å². The lowest BCUT2D eigenvalue weighted by molar-refractivity contribution is 0.0697. The van der Waals surface area contributed by atoms with Gasteiger partial charge in [-0.3, -0.25) is 4.68 Å². The summed E-state index contributed by atoms with van der Waals surface area (Å²) in [5, 5.41) is 16.5. The first-order chi connectivity index (χ1) is 8.47. The van der Waals surface area contributed by atoms with Crippen molar-refractivity contribution >= 4 is 28.9 Å². The van der Waals surface area contributed by atoms with Crippen LogP contribution >= 0.6 is 11.6 Å². The summed E-state index contributed by atoms with van der Waals surface area (Å²) >= 11 is 6.03. The Labute approximate surface area is 109 Å². The quantitative estimate of drug-likeness (QED) is 0.895. The van der Waals surface area contributed by atoms with E-state index in [2.05, 4.69) is 10.4 Å². The molecule has 0 saturated heterocycles. The number of hydrogen-bond donors (Lipinski definition) is 2. The minimum absolute atomic E-state index is 0.161. The third kappa shape index (κ3) is 2.46. The molecule has 2 rings (SSSR count). The summed E-state index contributed by atoms with van der Waals surface area (Å²) < 4.78 is 1.69. The van der Waals surface area contributed by atoms with E-state index in [1.54, 1.807) is 10.7 Å². The molecule has 6 heteroatoms. The van der Waals surface area contributed by atoms with Crippen LogP contribution in [0.2, 0.25) is 5.02 Å². The molecule has 0 amide bonds. The molecule has 0 unspecified atom stereocenters. The van der Waals surface area contributed by atoms with E-state index in [9.17, 15) is 4.79 Å². The van der Waals surface area contributed by atoms with Gasteiger partial charge in [0, 0.05) is 13.2 Å². The lowest BCUT2D eigenvalue weighted by atomic mass is 10.2. The monoisotopic (exact) mass is 265 g/mol. The van der Waals surface area contributed by atoms with Gasteiger partial charge in [-0.25, -0.2) is 4.79 Å². The highest BCUT2D eigenvalue weighted by atomic mass is 35.5. The molecule has 1 heterocycles. The molecule has 0 bridgehead atoms. The fraction of sp³-hybridized carbons (Fsp3) is 0.167. The molecular weight excluding hydrogens is 254 g/mol. The number of nitrogens with zero attached hydrogens (tertiary/aromatic N) is 2. The fourth-order valence-electron chi connectivity index (χ4n) is 1.62. The number of carboxylic acid groups (broad SMARTS) is 1. The molecule has 2 N–H and O–H groups in total. The molecule has 0 radical (unpaired) electrons. The molecule has 0 fully saturated rings. The van der Waals surface area contributed by atoms with Gasteiger partial charge in [0.05, 0.1) is 27.7 Å². The van der Waals surface area contributed by atoms with Gasteiger partial charge in [0.1, 0.15) is 0 Å². The van der Waals surface area contributed by atoms with Gasteiger partial charge in [0.15, 0.2) is 0 Å². The molecule has 0 aliphatic carbocycles. The summed E-state index contributed by atoms with van der Waals surface area (Å²) in [5.74, 6) is -0.999. The van der Waals surface area contributed by atoms with Gasteiger partial charge in [0.2, 0.25) is 0 Å². The molecule has 0 atom stereocenters. The van der Waals surface area contributed by atoms with Gasteiger partial charge in [0.25, 0.3) is 0 Å². The zero-order valence-electron chi connectivity index (χ0n) is 9.94. The minimum Gasteiger partial charge on any atom is -0.478 e. The van der Waals surface area contributed by atoms with Crippen molar-refractivity contribution in [1.29, 1.82) is 0 Å². The standard InChI is InChI=1S/C12H12ClN3O2/c1-7-11(6-16(2)15-7)14-10-4-3-8(12(17)18)5-9(10)13/h3-6,14H,1-2H3,(H,17,18). The summed E-state index contributed by atoms with van der Waals surface area (Å²) in [6.45, 7) is 1.88. The third-order valence-corrected chi connectivity index (χ3v) is 2.81. The van der Waals surface area contributed by atoms with Crippen molar-refractivity contribution < 1.29 is 9.90 Å². The molecule has 2 aromatic rings. The number of rotatable bonds is 3. The average molecular weight is 266 g/mol. The Morgan fingerprint density at radius 2 is 2.17 bits per heavy atom. The predicted octanol–water partition coefficient (Wildman–Crippen LogP) is 2.82. The van der Waals surface area contributed by atoms with E-state index in [1.165, 1.54) is 12.1 Å². The first kappa shape index (κ1) is 12.4. The summed E-state index contributed by atoms with van der Waals surface area (Å²) in [6, 6.07) is 4.55. The first-order valence-corrected chi connectivity index (χ1v) is 5.65. The highest BCUT2D eigenvalue weighted by Crippen LogP contribution is 2.27. The lowest BCUT2D eigenvalue weighted by Crippen LogP contribution is -1.98. The Morgan fingerprint density at radius 1 is 1.44 bits per heavy atom. The van der Waals surface area contributed by atoms with E-state index < -0.39 is 5.97 Å². The molecule has 1 aromatic carbocycles. The van der Waals surface area contributed by atoms with Crippen LogP contribution in [0.3, 0.4) is 0 Å². The fourth-order valence-corrected chi connectivity index (χ4v) is 1.84. The molecule has 0 spiro atoms. The largest absolute Gasteiger partial charge is 0.478 e. The summed E-state index contributed by atoms with van der Waals surface area (Å²) in [4.78, 5) is 10.8. The van der Waals surface area contributed by atoms with Crippen LogP contribution in [0, 0.1) is 6.92 Å². The van der Waals surface area contributed by atoms with Crippen LogP contribution in [0.5, 0.6) is 0 Å². The van der Waals surface area contributed by atoms with Gasteiger partial charge in [-0.15, -0.1) is 0 Å². The van der Waals surface area contributed by atoms with E-state index in [0.29, 0.717) is 10.7 Å². The Kier molecular flexibility index (Phi) is 3.25. The lowest BCUT2D eigenvalue weighted by Gasteiger charge is -2.07. The maximum Gasteiger partial charge on any atom is 0.335 e. The molecule has 1 aromatic heterocycles. The number of hydrogen-bond acceptors (Lipinski definition) is 3. The number of aromatic nitrogens is 2. The van der Waals surface area contributed by atoms with Crippen LogP contribution < -0.4 is 5.32 Å². The van der Waals surface area contributed by atoms with Crippen LogP contribution in [-0.4, -0.2) is 20.9 Å². The smallest absolute Gasteiger partial charge is 0.335 e. The molecule has 94 valence electrons. The molecule has 0 saturated carbocycles. The average Bonchev–Trinajstić information content (AvgIpc) is 2.60. The van der Waals surface area contributed by atoms with Gasteiger partial charge in [-0.2, -0.15) is 5.10 Å². The van der Waals surface area contributed by atoms with Gasteiger partial charge < -0.3 is 10.4 Å². The molecule has 18 heavy (non-hydrogen) atoms. The Hall–Kier alpha value is -2.01. The SMILES string of the molecule is Cc1nn(C)cc1Nc1ccc(C(=O)O)cc1Cl. The first-order valence-electron chi connectivity index (χ1n) is 5.27. The highest BCUT2D eigenvalue weighted by Gasteiger charge is 2.09. The van der Waals surface area contributed by atoms with Crippen molar-refractivity contribution in [2.45, 2.75) is 6.92 Å². The van der Waals surface area contributed by atoms with Crippen molar-refractivity contribution in [2.24, 2.45) is 7.05 Å². The maximum absolute atomic E-state index is 10.8. The van der Waals surface area contributed by atoms with Crippen molar-refractivity contribution in [1.82, 2.24) is 9.78 Å². The van der Waals surface area contributed by atoms with Crippen LogP contribution in [0.25, 0.3) is 0 Å². The number of anilines is 2. The van der Waals surface area contributed by atoms with E-state index in [1.807, 2.05) is 20.2 Å². The second-order valence-corrected chi connectivity index (χ2v) is 4.33. The van der Waals surface area contributed by atoms with E-state index >= 15 is 0 Å². The molecular formula is C12H12ClN3O2. The maximum atomic E-state index is 10.8. The Bertz CT molecular complexity index is 607. The van der Waals surface area contributed by atoms with Crippen LogP contribution in [-0.2, 0) is 7.05 Å². The van der Waals surface area contributed by atoms with Crippen molar-refractivity contribution in [3.05, 3.63) is 40.7 Å². The van der Waals surface area contributed by atoms with Crippen LogP contribution in [0.1, 0.15) is 16.1 Å². The van der Waals surface area contributed by atoms with Gasteiger partial charge in [-0.05, 0) is 25.1 Å². The summed E-state index contributed by atoms with van der Waals surface area (Å²) in [5.41, 5.74) is 2.49. The number of aryl methyl sites for hydroxylation is 2.